The fourth-order valence-corrected chi connectivity index (χ4v) is 2.17. The standard InChI is InChI=1S/C13H16BrNO3/c1-8(16)9-3-4-10(11(5-9)7-15)6-12(14)13(17)18-2/h3-5,12H,6-7,15H2,1-2H3. The zero-order valence-corrected chi connectivity index (χ0v) is 12.0. The molecular formula is C13H16BrNO3. The number of benzene rings is 1. The third-order valence-electron chi connectivity index (χ3n) is 2.69. The van der Waals surface area contributed by atoms with E-state index < -0.39 is 4.83 Å². The summed E-state index contributed by atoms with van der Waals surface area (Å²) in [5.74, 6) is -0.326. The first-order valence-corrected chi connectivity index (χ1v) is 6.45. The molecule has 0 aliphatic heterocycles. The van der Waals surface area contributed by atoms with E-state index in [1.165, 1.54) is 14.0 Å². The number of ether oxygens (including phenoxy) is 1. The number of Topliss-reactive ketones (excluding diaryl/α,β-unsaturated/α-hetero) is 1. The largest absolute Gasteiger partial charge is 0.468 e. The van der Waals surface area contributed by atoms with E-state index >= 15 is 0 Å². The zero-order chi connectivity index (χ0) is 13.7. The molecule has 2 N–H and O–H groups in total. The van der Waals surface area contributed by atoms with Crippen molar-refractivity contribution in [3.8, 4) is 0 Å². The molecule has 1 unspecified atom stereocenters. The van der Waals surface area contributed by atoms with Crippen LogP contribution in [0.25, 0.3) is 0 Å². The molecule has 5 heteroatoms. The quantitative estimate of drug-likeness (QED) is 0.511. The summed E-state index contributed by atoms with van der Waals surface area (Å²) >= 11 is 3.27. The van der Waals surface area contributed by atoms with Gasteiger partial charge in [-0.2, -0.15) is 0 Å². The zero-order valence-electron chi connectivity index (χ0n) is 10.4. The van der Waals surface area contributed by atoms with Gasteiger partial charge in [0.1, 0.15) is 4.83 Å². The Morgan fingerprint density at radius 1 is 1.39 bits per heavy atom. The van der Waals surface area contributed by atoms with Crippen molar-refractivity contribution in [3.63, 3.8) is 0 Å². The van der Waals surface area contributed by atoms with Crippen LogP contribution in [0.3, 0.4) is 0 Å². The Bertz CT molecular complexity index is 460. The molecule has 98 valence electrons. The lowest BCUT2D eigenvalue weighted by Gasteiger charge is -2.12. The van der Waals surface area contributed by atoms with Crippen LogP contribution in [0.15, 0.2) is 18.2 Å². The van der Waals surface area contributed by atoms with Crippen LogP contribution in [0.1, 0.15) is 28.4 Å². The van der Waals surface area contributed by atoms with E-state index in [0.717, 1.165) is 11.1 Å². The molecule has 0 amide bonds. The summed E-state index contributed by atoms with van der Waals surface area (Å²) in [6, 6.07) is 5.35. The minimum Gasteiger partial charge on any atom is -0.468 e. The second kappa shape index (κ2) is 6.66. The molecule has 0 aliphatic carbocycles. The molecule has 0 aliphatic rings. The summed E-state index contributed by atoms with van der Waals surface area (Å²) in [7, 11) is 1.35. The van der Waals surface area contributed by atoms with Gasteiger partial charge in [0.05, 0.1) is 7.11 Å². The summed E-state index contributed by atoms with van der Waals surface area (Å²) in [5, 5.41) is 0. The first-order valence-electron chi connectivity index (χ1n) is 5.54. The second-order valence-corrected chi connectivity index (χ2v) is 5.04. The molecule has 4 nitrogen and oxygen atoms in total. The summed E-state index contributed by atoms with van der Waals surface area (Å²) < 4.78 is 4.65. The van der Waals surface area contributed by atoms with Crippen LogP contribution in [0.2, 0.25) is 0 Å². The summed E-state index contributed by atoms with van der Waals surface area (Å²) in [6.45, 7) is 1.84. The summed E-state index contributed by atoms with van der Waals surface area (Å²) in [4.78, 5) is 22.2. The highest BCUT2D eigenvalue weighted by atomic mass is 79.9. The Labute approximate surface area is 115 Å². The Hall–Kier alpha value is -1.20. The van der Waals surface area contributed by atoms with Gasteiger partial charge in [0, 0.05) is 12.1 Å². The van der Waals surface area contributed by atoms with Crippen LogP contribution in [-0.2, 0) is 22.5 Å². The summed E-state index contributed by atoms with van der Waals surface area (Å²) in [5.41, 5.74) is 8.10. The molecule has 18 heavy (non-hydrogen) atoms. The van der Waals surface area contributed by atoms with Crippen LogP contribution >= 0.6 is 15.9 Å². The van der Waals surface area contributed by atoms with Gasteiger partial charge in [-0.25, -0.2) is 0 Å². The first-order chi connectivity index (χ1) is 8.49. The van der Waals surface area contributed by atoms with Crippen molar-refractivity contribution in [2.24, 2.45) is 5.73 Å². The highest BCUT2D eigenvalue weighted by Gasteiger charge is 2.17. The molecule has 0 heterocycles. The maximum atomic E-state index is 11.3. The highest BCUT2D eigenvalue weighted by molar-refractivity contribution is 9.10. The van der Waals surface area contributed by atoms with E-state index in [-0.39, 0.29) is 11.8 Å². The van der Waals surface area contributed by atoms with Crippen molar-refractivity contribution in [3.05, 3.63) is 34.9 Å². The van der Waals surface area contributed by atoms with E-state index in [9.17, 15) is 9.59 Å². The summed E-state index contributed by atoms with van der Waals surface area (Å²) in [6.07, 6.45) is 0.484. The van der Waals surface area contributed by atoms with Crippen molar-refractivity contribution in [1.82, 2.24) is 0 Å². The fourth-order valence-electron chi connectivity index (χ4n) is 1.64. The topological polar surface area (TPSA) is 69.4 Å². The van der Waals surface area contributed by atoms with Gasteiger partial charge in [0.25, 0.3) is 0 Å². The number of nitrogens with two attached hydrogens (primary N) is 1. The van der Waals surface area contributed by atoms with Crippen molar-refractivity contribution in [2.45, 2.75) is 24.7 Å². The molecule has 1 atom stereocenters. The molecule has 0 fully saturated rings. The monoisotopic (exact) mass is 313 g/mol. The van der Waals surface area contributed by atoms with E-state index in [4.69, 9.17) is 5.73 Å². The van der Waals surface area contributed by atoms with Gasteiger partial charge in [-0.1, -0.05) is 28.1 Å². The van der Waals surface area contributed by atoms with Crippen LogP contribution in [0.5, 0.6) is 0 Å². The predicted molar refractivity (Wildman–Crippen MR) is 72.8 cm³/mol. The normalized spacial score (nSPS) is 12.0. The number of carbonyl (C=O) groups excluding carboxylic acids is 2. The number of esters is 1. The average Bonchev–Trinajstić information content (AvgIpc) is 2.37. The van der Waals surface area contributed by atoms with Crippen molar-refractivity contribution >= 4 is 27.7 Å². The smallest absolute Gasteiger partial charge is 0.319 e. The van der Waals surface area contributed by atoms with E-state index in [1.54, 1.807) is 12.1 Å². The number of carbonyl (C=O) groups is 2. The molecule has 0 saturated carbocycles. The van der Waals surface area contributed by atoms with Gasteiger partial charge in [-0.3, -0.25) is 9.59 Å². The Morgan fingerprint density at radius 3 is 2.56 bits per heavy atom. The van der Waals surface area contributed by atoms with Crippen LogP contribution in [0.4, 0.5) is 0 Å². The van der Waals surface area contributed by atoms with Gasteiger partial charge in [0.2, 0.25) is 0 Å². The number of hydrogen-bond acceptors (Lipinski definition) is 4. The van der Waals surface area contributed by atoms with Crippen molar-refractivity contribution < 1.29 is 14.3 Å². The molecule has 0 aromatic heterocycles. The van der Waals surface area contributed by atoms with Crippen molar-refractivity contribution in [1.29, 1.82) is 0 Å². The number of ketones is 1. The van der Waals surface area contributed by atoms with E-state index in [1.807, 2.05) is 6.07 Å². The number of rotatable bonds is 5. The number of hydrogen-bond donors (Lipinski definition) is 1. The number of halogens is 1. The Morgan fingerprint density at radius 2 is 2.06 bits per heavy atom. The minimum atomic E-state index is -0.407. The Balaban J connectivity index is 2.96. The predicted octanol–water partition coefficient (Wildman–Crippen LogP) is 1.83. The van der Waals surface area contributed by atoms with E-state index in [2.05, 4.69) is 20.7 Å². The molecule has 0 bridgehead atoms. The average molecular weight is 314 g/mol. The SMILES string of the molecule is COC(=O)C(Br)Cc1ccc(C(C)=O)cc1CN. The van der Waals surface area contributed by atoms with Crippen molar-refractivity contribution in [2.75, 3.05) is 7.11 Å². The van der Waals surface area contributed by atoms with Crippen LogP contribution < -0.4 is 5.73 Å². The van der Waals surface area contributed by atoms with Gasteiger partial charge in [-0.05, 0) is 30.5 Å². The molecule has 1 rings (SSSR count). The molecular weight excluding hydrogens is 298 g/mol. The van der Waals surface area contributed by atoms with Gasteiger partial charge in [0.15, 0.2) is 5.78 Å². The minimum absolute atomic E-state index is 0.000361. The highest BCUT2D eigenvalue weighted by Crippen LogP contribution is 2.18. The van der Waals surface area contributed by atoms with Crippen LogP contribution in [-0.4, -0.2) is 23.7 Å². The van der Waals surface area contributed by atoms with E-state index in [0.29, 0.717) is 18.5 Å². The maximum Gasteiger partial charge on any atom is 0.319 e. The third kappa shape index (κ3) is 3.65. The van der Waals surface area contributed by atoms with Gasteiger partial charge in [-0.15, -0.1) is 0 Å². The number of alkyl halides is 1. The Kier molecular flexibility index (Phi) is 5.50. The molecule has 1 aromatic rings. The molecule has 0 saturated heterocycles. The first kappa shape index (κ1) is 14.9. The molecule has 0 spiro atoms. The van der Waals surface area contributed by atoms with Gasteiger partial charge < -0.3 is 10.5 Å². The third-order valence-corrected chi connectivity index (χ3v) is 3.39. The lowest BCUT2D eigenvalue weighted by Crippen LogP contribution is -2.19. The van der Waals surface area contributed by atoms with Gasteiger partial charge >= 0.3 is 5.97 Å². The van der Waals surface area contributed by atoms with Crippen LogP contribution in [0, 0.1) is 0 Å². The lowest BCUT2D eigenvalue weighted by molar-refractivity contribution is -0.139. The fraction of sp³-hybridized carbons (Fsp3) is 0.385. The lowest BCUT2D eigenvalue weighted by atomic mass is 9.99. The number of methoxy groups -OCH3 is 1. The maximum absolute atomic E-state index is 11.3. The molecule has 1 aromatic carbocycles. The second-order valence-electron chi connectivity index (χ2n) is 3.94. The molecule has 0 radical (unpaired) electrons.